The van der Waals surface area contributed by atoms with Gasteiger partial charge >= 0.3 is 0 Å². The maximum Gasteiger partial charge on any atom is 0.260 e. The highest BCUT2D eigenvalue weighted by Gasteiger charge is 2.09. The summed E-state index contributed by atoms with van der Waals surface area (Å²) in [6.07, 6.45) is 0.274. The molecule has 24 heavy (non-hydrogen) atoms. The quantitative estimate of drug-likeness (QED) is 0.608. The first-order chi connectivity index (χ1) is 11.5. The van der Waals surface area contributed by atoms with Crippen LogP contribution < -0.4 is 10.9 Å². The number of carbonyl (C=O) groups excluding carboxylic acids is 2. The summed E-state index contributed by atoms with van der Waals surface area (Å²) in [6, 6.07) is 9.35. The Kier molecular flexibility index (Phi) is 6.69. The van der Waals surface area contributed by atoms with E-state index >= 15 is 0 Å². The van der Waals surface area contributed by atoms with Gasteiger partial charge in [-0.25, -0.2) is 0 Å². The van der Waals surface area contributed by atoms with E-state index in [2.05, 4.69) is 16.0 Å². The number of halogens is 1. The fraction of sp³-hybridized carbons (Fsp3) is 0.312. The third-order valence-electron chi connectivity index (χ3n) is 3.16. The van der Waals surface area contributed by atoms with Crippen molar-refractivity contribution >= 4 is 35.2 Å². The molecule has 1 heterocycles. The van der Waals surface area contributed by atoms with Crippen LogP contribution in [-0.4, -0.2) is 27.3 Å². The summed E-state index contributed by atoms with van der Waals surface area (Å²) in [4.78, 5) is 24.5. The lowest BCUT2D eigenvalue weighted by Gasteiger charge is -2.08. The number of aromatic nitrogens is 2. The predicted molar refractivity (Wildman–Crippen MR) is 94.8 cm³/mol. The summed E-state index contributed by atoms with van der Waals surface area (Å²) >= 11 is 7.54. The number of nitrogens with one attached hydrogen (secondary N) is 2. The van der Waals surface area contributed by atoms with Crippen molar-refractivity contribution in [1.82, 2.24) is 20.6 Å². The molecule has 1 aromatic carbocycles. The maximum atomic E-state index is 11.8. The van der Waals surface area contributed by atoms with Crippen LogP contribution in [0.4, 0.5) is 0 Å². The van der Waals surface area contributed by atoms with E-state index < -0.39 is 0 Å². The van der Waals surface area contributed by atoms with Crippen LogP contribution >= 0.6 is 23.4 Å². The van der Waals surface area contributed by atoms with Gasteiger partial charge in [-0.05, 0) is 32.0 Å². The molecule has 0 radical (unpaired) electrons. The molecule has 128 valence electrons. The van der Waals surface area contributed by atoms with E-state index in [1.54, 1.807) is 4.68 Å². The monoisotopic (exact) mass is 366 g/mol. The van der Waals surface area contributed by atoms with Crippen molar-refractivity contribution in [1.29, 1.82) is 0 Å². The van der Waals surface area contributed by atoms with Crippen LogP contribution in [0.1, 0.15) is 17.8 Å². The van der Waals surface area contributed by atoms with Gasteiger partial charge in [0, 0.05) is 22.8 Å². The Morgan fingerprint density at radius 1 is 1.21 bits per heavy atom. The number of hydrogen-bond acceptors (Lipinski definition) is 4. The highest BCUT2D eigenvalue weighted by molar-refractivity contribution is 7.99. The van der Waals surface area contributed by atoms with Crippen molar-refractivity contribution in [2.45, 2.75) is 31.7 Å². The number of amides is 2. The Hall–Kier alpha value is -1.99. The zero-order valence-corrected chi connectivity index (χ0v) is 15.1. The first kappa shape index (κ1) is 18.4. The zero-order chi connectivity index (χ0) is 17.5. The first-order valence-electron chi connectivity index (χ1n) is 7.42. The van der Waals surface area contributed by atoms with E-state index in [-0.39, 0.29) is 24.8 Å². The highest BCUT2D eigenvalue weighted by atomic mass is 35.5. The minimum atomic E-state index is -0.326. The molecule has 0 saturated heterocycles. The maximum absolute atomic E-state index is 11.8. The number of nitrogens with zero attached hydrogens (tertiary/aromatic N) is 2. The minimum absolute atomic E-state index is 0.0638. The van der Waals surface area contributed by atoms with E-state index in [9.17, 15) is 9.59 Å². The van der Waals surface area contributed by atoms with E-state index in [4.69, 9.17) is 11.6 Å². The van der Waals surface area contributed by atoms with Crippen molar-refractivity contribution in [2.75, 3.05) is 5.75 Å². The molecule has 0 aliphatic carbocycles. The van der Waals surface area contributed by atoms with E-state index in [1.807, 2.05) is 44.2 Å². The van der Waals surface area contributed by atoms with Gasteiger partial charge in [0.15, 0.2) is 0 Å². The second-order valence-electron chi connectivity index (χ2n) is 5.21. The van der Waals surface area contributed by atoms with Gasteiger partial charge in [-0.1, -0.05) is 23.7 Å². The summed E-state index contributed by atoms with van der Waals surface area (Å²) < 4.78 is 1.59. The van der Waals surface area contributed by atoms with Crippen LogP contribution in [0.3, 0.4) is 0 Å². The SMILES string of the molecule is Cc1cc(C)n(CC(=O)NNC(=O)CCSc2ccccc2Cl)n1. The molecule has 0 spiro atoms. The lowest BCUT2D eigenvalue weighted by atomic mass is 10.4. The van der Waals surface area contributed by atoms with E-state index in [1.165, 1.54) is 11.8 Å². The molecule has 2 rings (SSSR count). The standard InChI is InChI=1S/C16H19ClN4O2S/c1-11-9-12(2)21(20-11)10-16(23)19-18-15(22)7-8-24-14-6-4-3-5-13(14)17/h3-6,9H,7-8,10H2,1-2H3,(H,18,22)(H,19,23). The number of hydrogen-bond donors (Lipinski definition) is 2. The lowest BCUT2D eigenvalue weighted by molar-refractivity contribution is -0.129. The summed E-state index contributed by atoms with van der Waals surface area (Å²) in [7, 11) is 0. The first-order valence-corrected chi connectivity index (χ1v) is 8.78. The Bertz CT molecular complexity index is 733. The van der Waals surface area contributed by atoms with Crippen LogP contribution in [-0.2, 0) is 16.1 Å². The summed E-state index contributed by atoms with van der Waals surface area (Å²) in [6.45, 7) is 3.80. The summed E-state index contributed by atoms with van der Waals surface area (Å²) in [5.74, 6) is -0.00678. The molecule has 0 aliphatic rings. The molecule has 0 unspecified atom stereocenters. The molecule has 0 fully saturated rings. The number of aryl methyl sites for hydroxylation is 2. The molecule has 6 nitrogen and oxygen atoms in total. The fourth-order valence-corrected chi connectivity index (χ4v) is 3.22. The third-order valence-corrected chi connectivity index (χ3v) is 4.68. The molecule has 8 heteroatoms. The van der Waals surface area contributed by atoms with Crippen molar-refractivity contribution in [3.63, 3.8) is 0 Å². The van der Waals surface area contributed by atoms with Gasteiger partial charge in [-0.3, -0.25) is 25.1 Å². The Balaban J connectivity index is 1.68. The second kappa shape index (κ2) is 8.75. The topological polar surface area (TPSA) is 76.0 Å². The number of benzene rings is 1. The Morgan fingerprint density at radius 2 is 1.92 bits per heavy atom. The van der Waals surface area contributed by atoms with Gasteiger partial charge in [0.1, 0.15) is 6.54 Å². The molecule has 0 saturated carbocycles. The third kappa shape index (κ3) is 5.58. The van der Waals surface area contributed by atoms with Crippen molar-refractivity contribution in [3.05, 3.63) is 46.7 Å². The molecule has 0 bridgehead atoms. The number of carbonyl (C=O) groups is 2. The Labute approximate surface area is 149 Å². The normalized spacial score (nSPS) is 10.5. The van der Waals surface area contributed by atoms with Crippen LogP contribution in [0.25, 0.3) is 0 Å². The summed E-state index contributed by atoms with van der Waals surface area (Å²) in [5.41, 5.74) is 6.54. The van der Waals surface area contributed by atoms with Crippen molar-refractivity contribution in [3.8, 4) is 0 Å². The smallest absolute Gasteiger partial charge is 0.260 e. The summed E-state index contributed by atoms with van der Waals surface area (Å²) in [5, 5.41) is 4.86. The van der Waals surface area contributed by atoms with Gasteiger partial charge in [0.05, 0.1) is 10.7 Å². The molecule has 1 aromatic heterocycles. The molecular weight excluding hydrogens is 348 g/mol. The number of hydrazine groups is 1. The highest BCUT2D eigenvalue weighted by Crippen LogP contribution is 2.26. The van der Waals surface area contributed by atoms with Gasteiger partial charge in [-0.15, -0.1) is 11.8 Å². The van der Waals surface area contributed by atoms with Gasteiger partial charge in [0.25, 0.3) is 5.91 Å². The molecule has 0 aliphatic heterocycles. The van der Waals surface area contributed by atoms with Gasteiger partial charge in [-0.2, -0.15) is 5.10 Å². The number of rotatable bonds is 6. The van der Waals surface area contributed by atoms with Crippen LogP contribution in [0.2, 0.25) is 5.02 Å². The van der Waals surface area contributed by atoms with Crippen LogP contribution in [0.15, 0.2) is 35.2 Å². The molecule has 2 aromatic rings. The van der Waals surface area contributed by atoms with E-state index in [0.717, 1.165) is 16.3 Å². The van der Waals surface area contributed by atoms with Crippen LogP contribution in [0, 0.1) is 13.8 Å². The molecule has 2 amide bonds. The molecular formula is C16H19ClN4O2S. The number of thioether (sulfide) groups is 1. The van der Waals surface area contributed by atoms with Crippen LogP contribution in [0.5, 0.6) is 0 Å². The fourth-order valence-electron chi connectivity index (χ4n) is 2.03. The average molecular weight is 367 g/mol. The van der Waals surface area contributed by atoms with Crippen molar-refractivity contribution < 1.29 is 9.59 Å². The second-order valence-corrected chi connectivity index (χ2v) is 6.75. The van der Waals surface area contributed by atoms with Gasteiger partial charge < -0.3 is 0 Å². The van der Waals surface area contributed by atoms with E-state index in [0.29, 0.717) is 10.8 Å². The minimum Gasteiger partial charge on any atom is -0.273 e. The van der Waals surface area contributed by atoms with Crippen molar-refractivity contribution in [2.24, 2.45) is 0 Å². The lowest BCUT2D eigenvalue weighted by Crippen LogP contribution is -2.43. The largest absolute Gasteiger partial charge is 0.273 e. The predicted octanol–water partition coefficient (Wildman–Crippen LogP) is 2.48. The molecule has 0 atom stereocenters. The van der Waals surface area contributed by atoms with Gasteiger partial charge in [0.2, 0.25) is 5.91 Å². The average Bonchev–Trinajstić information content (AvgIpc) is 2.85. The Morgan fingerprint density at radius 3 is 2.58 bits per heavy atom. The zero-order valence-electron chi connectivity index (χ0n) is 13.5. The molecule has 2 N–H and O–H groups in total.